The zero-order valence-corrected chi connectivity index (χ0v) is 11.9. The number of carbonyl (C=O) groups excluding carboxylic acids is 2. The summed E-state index contributed by atoms with van der Waals surface area (Å²) in [6.07, 6.45) is 0. The molecule has 0 amide bonds. The van der Waals surface area contributed by atoms with Gasteiger partial charge in [0, 0.05) is 18.7 Å². The van der Waals surface area contributed by atoms with E-state index in [2.05, 4.69) is 0 Å². The molecule has 4 nitrogen and oxygen atoms in total. The number of ketones is 1. The van der Waals surface area contributed by atoms with Crippen LogP contribution >= 0.6 is 0 Å². The van der Waals surface area contributed by atoms with Crippen LogP contribution in [0.15, 0.2) is 18.2 Å². The van der Waals surface area contributed by atoms with E-state index in [1.165, 1.54) is 20.1 Å². The molecule has 5 heteroatoms. The van der Waals surface area contributed by atoms with Crippen LogP contribution in [0.25, 0.3) is 0 Å². The van der Waals surface area contributed by atoms with E-state index in [-0.39, 0.29) is 23.6 Å². The van der Waals surface area contributed by atoms with Crippen LogP contribution in [-0.4, -0.2) is 32.0 Å². The number of Topliss-reactive ketones (excluding diaryl/α,β-unsaturated/α-hetero) is 1. The number of carbonyl (C=O) groups is 2. The zero-order valence-electron chi connectivity index (χ0n) is 11.9. The van der Waals surface area contributed by atoms with Crippen molar-refractivity contribution in [3.8, 4) is 0 Å². The van der Waals surface area contributed by atoms with Gasteiger partial charge in [-0.05, 0) is 31.0 Å². The van der Waals surface area contributed by atoms with E-state index in [0.717, 1.165) is 0 Å². The Morgan fingerprint density at radius 2 is 2.05 bits per heavy atom. The Morgan fingerprint density at radius 1 is 1.35 bits per heavy atom. The molecule has 2 rings (SSSR count). The molecule has 1 aromatic carbocycles. The first kappa shape index (κ1) is 14.5. The van der Waals surface area contributed by atoms with Crippen molar-refractivity contribution in [2.75, 3.05) is 25.1 Å². The van der Waals surface area contributed by atoms with Crippen LogP contribution in [0.5, 0.6) is 0 Å². The Morgan fingerprint density at radius 3 is 2.60 bits per heavy atom. The monoisotopic (exact) mass is 279 g/mol. The highest BCUT2D eigenvalue weighted by Gasteiger charge is 2.36. The van der Waals surface area contributed by atoms with Crippen molar-refractivity contribution in [3.05, 3.63) is 29.6 Å². The summed E-state index contributed by atoms with van der Waals surface area (Å²) in [6, 6.07) is 4.45. The number of ether oxygens (including phenoxy) is 1. The number of rotatable bonds is 3. The summed E-state index contributed by atoms with van der Waals surface area (Å²) in [7, 11) is 1.36. The van der Waals surface area contributed by atoms with Crippen molar-refractivity contribution >= 4 is 17.4 Å². The number of halogens is 1. The number of hydrogen-bond acceptors (Lipinski definition) is 4. The lowest BCUT2D eigenvalue weighted by molar-refractivity contribution is -0.145. The van der Waals surface area contributed by atoms with E-state index in [4.69, 9.17) is 4.74 Å². The molecule has 2 unspecified atom stereocenters. The predicted molar refractivity (Wildman–Crippen MR) is 73.3 cm³/mol. The number of methoxy groups -OCH3 is 1. The summed E-state index contributed by atoms with van der Waals surface area (Å²) < 4.78 is 18.9. The molecule has 0 aliphatic carbocycles. The van der Waals surface area contributed by atoms with Crippen molar-refractivity contribution in [1.82, 2.24) is 0 Å². The second kappa shape index (κ2) is 5.61. The summed E-state index contributed by atoms with van der Waals surface area (Å²) >= 11 is 0. The molecule has 1 aliphatic heterocycles. The Bertz CT molecular complexity index is 544. The van der Waals surface area contributed by atoms with Crippen molar-refractivity contribution in [2.24, 2.45) is 11.8 Å². The van der Waals surface area contributed by atoms with Gasteiger partial charge in [-0.25, -0.2) is 4.39 Å². The SMILES string of the molecule is COC(=O)C1CN(c2ccc(C(C)=O)cc2F)CC1C. The first-order chi connectivity index (χ1) is 9.43. The molecule has 1 fully saturated rings. The van der Waals surface area contributed by atoms with Crippen LogP contribution in [0.1, 0.15) is 24.2 Å². The van der Waals surface area contributed by atoms with Gasteiger partial charge >= 0.3 is 5.97 Å². The maximum absolute atomic E-state index is 14.1. The van der Waals surface area contributed by atoms with E-state index in [9.17, 15) is 14.0 Å². The third-order valence-electron chi connectivity index (χ3n) is 3.81. The van der Waals surface area contributed by atoms with Crippen LogP contribution in [0, 0.1) is 17.7 Å². The second-order valence-corrected chi connectivity index (χ2v) is 5.23. The molecule has 1 saturated heterocycles. The van der Waals surface area contributed by atoms with E-state index in [1.54, 1.807) is 12.1 Å². The van der Waals surface area contributed by atoms with Crippen LogP contribution in [0.4, 0.5) is 10.1 Å². The van der Waals surface area contributed by atoms with Crippen LogP contribution in [-0.2, 0) is 9.53 Å². The molecule has 0 saturated carbocycles. The minimum atomic E-state index is -0.435. The number of hydrogen-bond donors (Lipinski definition) is 0. The molecule has 2 atom stereocenters. The largest absolute Gasteiger partial charge is 0.469 e. The predicted octanol–water partition coefficient (Wildman–Crippen LogP) is 2.27. The molecule has 0 aromatic heterocycles. The van der Waals surface area contributed by atoms with Gasteiger partial charge in [0.2, 0.25) is 0 Å². The van der Waals surface area contributed by atoms with Crippen LogP contribution in [0.3, 0.4) is 0 Å². The second-order valence-electron chi connectivity index (χ2n) is 5.23. The maximum Gasteiger partial charge on any atom is 0.310 e. The number of nitrogens with zero attached hydrogens (tertiary/aromatic N) is 1. The highest BCUT2D eigenvalue weighted by molar-refractivity contribution is 5.94. The van der Waals surface area contributed by atoms with E-state index in [0.29, 0.717) is 24.3 Å². The Hall–Kier alpha value is -1.91. The van der Waals surface area contributed by atoms with E-state index < -0.39 is 5.82 Å². The molecule has 0 spiro atoms. The van der Waals surface area contributed by atoms with Gasteiger partial charge in [0.25, 0.3) is 0 Å². The summed E-state index contributed by atoms with van der Waals surface area (Å²) in [4.78, 5) is 24.7. The minimum Gasteiger partial charge on any atom is -0.469 e. The summed E-state index contributed by atoms with van der Waals surface area (Å²) in [5, 5.41) is 0. The smallest absolute Gasteiger partial charge is 0.310 e. The molecule has 108 valence electrons. The van der Waals surface area contributed by atoms with Gasteiger partial charge in [-0.2, -0.15) is 0 Å². The number of anilines is 1. The van der Waals surface area contributed by atoms with E-state index in [1.807, 2.05) is 11.8 Å². The maximum atomic E-state index is 14.1. The molecule has 1 aliphatic rings. The van der Waals surface area contributed by atoms with Crippen molar-refractivity contribution in [1.29, 1.82) is 0 Å². The van der Waals surface area contributed by atoms with Gasteiger partial charge in [0.1, 0.15) is 5.82 Å². The Balaban J connectivity index is 2.21. The van der Waals surface area contributed by atoms with Crippen molar-refractivity contribution in [2.45, 2.75) is 13.8 Å². The summed E-state index contributed by atoms with van der Waals surface area (Å²) in [6.45, 7) is 4.38. The third kappa shape index (κ3) is 2.66. The molecule has 0 N–H and O–H groups in total. The minimum absolute atomic E-state index is 0.106. The Labute approximate surface area is 117 Å². The fourth-order valence-electron chi connectivity index (χ4n) is 2.60. The van der Waals surface area contributed by atoms with Gasteiger partial charge in [0.05, 0.1) is 18.7 Å². The standard InChI is InChI=1S/C15H18FNO3/c1-9-7-17(8-12(9)15(19)20-3)14-5-4-11(10(2)18)6-13(14)16/h4-6,9,12H,7-8H2,1-3H3. The summed E-state index contributed by atoms with van der Waals surface area (Å²) in [5.41, 5.74) is 0.774. The average molecular weight is 279 g/mol. The highest BCUT2D eigenvalue weighted by atomic mass is 19.1. The number of benzene rings is 1. The zero-order chi connectivity index (χ0) is 14.9. The summed E-state index contributed by atoms with van der Waals surface area (Å²) in [5.74, 6) is -1.00. The molecular formula is C15H18FNO3. The fourth-order valence-corrected chi connectivity index (χ4v) is 2.60. The third-order valence-corrected chi connectivity index (χ3v) is 3.81. The highest BCUT2D eigenvalue weighted by Crippen LogP contribution is 2.31. The Kier molecular flexibility index (Phi) is 4.06. The fraction of sp³-hybridized carbons (Fsp3) is 0.467. The molecule has 20 heavy (non-hydrogen) atoms. The van der Waals surface area contributed by atoms with Gasteiger partial charge in [-0.3, -0.25) is 9.59 Å². The molecule has 1 heterocycles. The van der Waals surface area contributed by atoms with Gasteiger partial charge in [0.15, 0.2) is 5.78 Å². The molecular weight excluding hydrogens is 261 g/mol. The van der Waals surface area contributed by atoms with Gasteiger partial charge in [-0.15, -0.1) is 0 Å². The van der Waals surface area contributed by atoms with Crippen molar-refractivity contribution < 1.29 is 18.7 Å². The van der Waals surface area contributed by atoms with Gasteiger partial charge < -0.3 is 9.64 Å². The molecule has 0 bridgehead atoms. The number of esters is 1. The molecule has 0 radical (unpaired) electrons. The topological polar surface area (TPSA) is 46.6 Å². The van der Waals surface area contributed by atoms with E-state index >= 15 is 0 Å². The normalized spacial score (nSPS) is 21.9. The quantitative estimate of drug-likeness (QED) is 0.629. The van der Waals surface area contributed by atoms with Crippen LogP contribution in [0.2, 0.25) is 0 Å². The first-order valence-electron chi connectivity index (χ1n) is 6.57. The lowest BCUT2D eigenvalue weighted by atomic mass is 9.99. The van der Waals surface area contributed by atoms with Gasteiger partial charge in [-0.1, -0.05) is 6.92 Å². The van der Waals surface area contributed by atoms with Crippen LogP contribution < -0.4 is 4.90 Å². The lowest BCUT2D eigenvalue weighted by Gasteiger charge is -2.19. The lowest BCUT2D eigenvalue weighted by Crippen LogP contribution is -2.24. The first-order valence-corrected chi connectivity index (χ1v) is 6.57. The van der Waals surface area contributed by atoms with Crippen molar-refractivity contribution in [3.63, 3.8) is 0 Å². The molecule has 1 aromatic rings. The average Bonchev–Trinajstić information content (AvgIpc) is 2.79.